The molecule has 1 unspecified atom stereocenters. The van der Waals surface area contributed by atoms with Crippen LogP contribution >= 0.6 is 23.4 Å². The zero-order valence-electron chi connectivity index (χ0n) is 14.4. The molecule has 1 atom stereocenters. The van der Waals surface area contributed by atoms with Crippen LogP contribution in [0.25, 0.3) is 11.1 Å². The molecule has 0 bridgehead atoms. The van der Waals surface area contributed by atoms with E-state index in [2.05, 4.69) is 9.84 Å². The predicted octanol–water partition coefficient (Wildman–Crippen LogP) is 6.70. The largest absolute Gasteiger partial charge is 0.440 e. The summed E-state index contributed by atoms with van der Waals surface area (Å²) in [6.45, 7) is 1.27. The fourth-order valence-corrected chi connectivity index (χ4v) is 3.18. The molecule has 0 fully saturated rings. The van der Waals surface area contributed by atoms with Gasteiger partial charge < -0.3 is 4.74 Å². The Kier molecular flexibility index (Phi) is 6.81. The van der Waals surface area contributed by atoms with Crippen LogP contribution in [0, 0.1) is 12.7 Å². The molecule has 0 aliphatic carbocycles. The number of aromatic nitrogens is 2. The zero-order valence-corrected chi connectivity index (χ0v) is 15.9. The first kappa shape index (κ1) is 24.4. The Morgan fingerprint density at radius 2 is 1.73 bits per heavy atom. The SMILES string of the molecule is Cc1cc(F)c(-c2c(OC(F)(F)C(F)C(F)(F)F)n[nH]c2Cl)cc1SCC(F)(F)F. The van der Waals surface area contributed by atoms with Crippen LogP contribution in [0.4, 0.5) is 43.9 Å². The highest BCUT2D eigenvalue weighted by Gasteiger charge is 2.59. The summed E-state index contributed by atoms with van der Waals surface area (Å²) in [6.07, 6.45) is -20.8. The molecule has 0 radical (unpaired) electrons. The lowest BCUT2D eigenvalue weighted by atomic mass is 10.1. The van der Waals surface area contributed by atoms with Crippen molar-refractivity contribution in [1.29, 1.82) is 0 Å². The highest BCUT2D eigenvalue weighted by Crippen LogP contribution is 2.43. The van der Waals surface area contributed by atoms with E-state index in [0.717, 1.165) is 12.1 Å². The molecule has 0 spiro atoms. The third kappa shape index (κ3) is 5.65. The Labute approximate surface area is 170 Å². The van der Waals surface area contributed by atoms with Crippen molar-refractivity contribution in [2.45, 2.75) is 36.5 Å². The topological polar surface area (TPSA) is 37.9 Å². The summed E-state index contributed by atoms with van der Waals surface area (Å²) in [5.74, 6) is -3.92. The summed E-state index contributed by atoms with van der Waals surface area (Å²) in [6, 6.07) is 1.56. The average molecular weight is 491 g/mol. The van der Waals surface area contributed by atoms with Crippen LogP contribution in [-0.4, -0.2) is 40.6 Å². The first-order chi connectivity index (χ1) is 13.5. The molecule has 15 heteroatoms. The molecule has 30 heavy (non-hydrogen) atoms. The maximum absolute atomic E-state index is 14.4. The Bertz CT molecular complexity index is 912. The van der Waals surface area contributed by atoms with Gasteiger partial charge in [0.1, 0.15) is 11.0 Å². The summed E-state index contributed by atoms with van der Waals surface area (Å²) in [5, 5.41) is 4.24. The number of nitrogens with one attached hydrogen (secondary N) is 1. The van der Waals surface area contributed by atoms with Gasteiger partial charge in [0.2, 0.25) is 5.88 Å². The summed E-state index contributed by atoms with van der Waals surface area (Å²) >= 11 is 5.92. The molecule has 1 N–H and O–H groups in total. The molecule has 0 saturated heterocycles. The van der Waals surface area contributed by atoms with Crippen molar-refractivity contribution >= 4 is 23.4 Å². The van der Waals surface area contributed by atoms with Gasteiger partial charge in [-0.25, -0.2) is 8.78 Å². The minimum atomic E-state index is -5.99. The Balaban J connectivity index is 2.47. The van der Waals surface area contributed by atoms with E-state index in [-0.39, 0.29) is 22.2 Å². The lowest BCUT2D eigenvalue weighted by Crippen LogP contribution is -2.45. The molecule has 3 nitrogen and oxygen atoms in total. The van der Waals surface area contributed by atoms with Gasteiger partial charge in [-0.2, -0.15) is 35.1 Å². The fraction of sp³-hybridized carbons (Fsp3) is 0.400. The van der Waals surface area contributed by atoms with Crippen LogP contribution in [0.1, 0.15) is 5.56 Å². The second-order valence-corrected chi connectivity index (χ2v) is 7.18. The van der Waals surface area contributed by atoms with E-state index < -0.39 is 58.4 Å². The van der Waals surface area contributed by atoms with Gasteiger partial charge in [0.05, 0.1) is 11.3 Å². The smallest absolute Gasteiger partial charge is 0.410 e. The van der Waals surface area contributed by atoms with Crippen LogP contribution in [0.3, 0.4) is 0 Å². The van der Waals surface area contributed by atoms with E-state index in [1.807, 2.05) is 5.10 Å². The number of benzene rings is 1. The van der Waals surface area contributed by atoms with Gasteiger partial charge in [0.25, 0.3) is 6.17 Å². The van der Waals surface area contributed by atoms with Gasteiger partial charge in [-0.1, -0.05) is 11.6 Å². The quantitative estimate of drug-likeness (QED) is 0.361. The molecular formula is C15H9ClF10N2OS. The molecule has 1 aromatic heterocycles. The zero-order chi connectivity index (χ0) is 23.1. The number of aromatic amines is 1. The second kappa shape index (κ2) is 8.36. The van der Waals surface area contributed by atoms with Crippen LogP contribution in [0.2, 0.25) is 5.15 Å². The number of hydrogen-bond donors (Lipinski definition) is 1. The summed E-state index contributed by atoms with van der Waals surface area (Å²) in [7, 11) is 0. The number of nitrogens with zero attached hydrogens (tertiary/aromatic N) is 1. The lowest BCUT2D eigenvalue weighted by molar-refractivity contribution is -0.305. The monoisotopic (exact) mass is 490 g/mol. The Hall–Kier alpha value is -1.83. The van der Waals surface area contributed by atoms with E-state index in [9.17, 15) is 43.9 Å². The Morgan fingerprint density at radius 3 is 2.27 bits per heavy atom. The number of halogens is 11. The molecule has 0 aliphatic heterocycles. The summed E-state index contributed by atoms with van der Waals surface area (Å²) in [5.41, 5.74) is -1.46. The van der Waals surface area contributed by atoms with Crippen molar-refractivity contribution < 1.29 is 48.6 Å². The highest BCUT2D eigenvalue weighted by atomic mass is 35.5. The average Bonchev–Trinajstić information content (AvgIpc) is 2.91. The third-order valence-corrected chi connectivity index (χ3v) is 4.93. The number of alkyl halides is 9. The normalized spacial score (nSPS) is 14.1. The first-order valence-corrected chi connectivity index (χ1v) is 8.91. The molecule has 2 aromatic rings. The Morgan fingerprint density at radius 1 is 1.13 bits per heavy atom. The van der Waals surface area contributed by atoms with Crippen LogP contribution < -0.4 is 4.74 Å². The van der Waals surface area contributed by atoms with Crippen molar-refractivity contribution in [1.82, 2.24) is 10.2 Å². The van der Waals surface area contributed by atoms with Gasteiger partial charge in [0.15, 0.2) is 0 Å². The number of ether oxygens (including phenoxy) is 1. The highest BCUT2D eigenvalue weighted by molar-refractivity contribution is 7.99. The molecule has 0 amide bonds. The van der Waals surface area contributed by atoms with Crippen molar-refractivity contribution in [3.63, 3.8) is 0 Å². The first-order valence-electron chi connectivity index (χ1n) is 7.54. The van der Waals surface area contributed by atoms with Gasteiger partial charge >= 0.3 is 18.5 Å². The van der Waals surface area contributed by atoms with Crippen molar-refractivity contribution in [3.05, 3.63) is 28.7 Å². The van der Waals surface area contributed by atoms with Crippen molar-refractivity contribution in [2.24, 2.45) is 0 Å². The fourth-order valence-electron chi connectivity index (χ4n) is 2.14. The van der Waals surface area contributed by atoms with Crippen molar-refractivity contribution in [3.8, 4) is 17.0 Å². The molecule has 168 valence electrons. The molecule has 2 rings (SSSR count). The van der Waals surface area contributed by atoms with Gasteiger partial charge in [-0.3, -0.25) is 5.10 Å². The molecule has 0 aliphatic rings. The van der Waals surface area contributed by atoms with E-state index in [1.54, 1.807) is 0 Å². The van der Waals surface area contributed by atoms with Gasteiger partial charge in [0, 0.05) is 10.5 Å². The van der Waals surface area contributed by atoms with Gasteiger partial charge in [-0.15, -0.1) is 16.9 Å². The summed E-state index contributed by atoms with van der Waals surface area (Å²) in [4.78, 5) is -0.127. The van der Waals surface area contributed by atoms with Crippen LogP contribution in [-0.2, 0) is 0 Å². The van der Waals surface area contributed by atoms with Gasteiger partial charge in [-0.05, 0) is 24.6 Å². The van der Waals surface area contributed by atoms with Crippen LogP contribution in [0.15, 0.2) is 17.0 Å². The standard InChI is InChI=1S/C15H9ClF10N2OS/c1-5-2-7(17)6(3-8(5)30-4-13(19,20)21)9-10(16)27-28-11(9)29-15(25,26)12(18)14(22,23)24/h2-3,12H,4H2,1H3,(H,27,28). The minimum absolute atomic E-state index is 0.0545. The number of H-pyrrole nitrogens is 1. The van der Waals surface area contributed by atoms with Crippen LogP contribution in [0.5, 0.6) is 5.88 Å². The molecule has 1 aromatic carbocycles. The third-order valence-electron chi connectivity index (χ3n) is 3.43. The predicted molar refractivity (Wildman–Crippen MR) is 87.0 cm³/mol. The molecule has 1 heterocycles. The van der Waals surface area contributed by atoms with E-state index in [0.29, 0.717) is 0 Å². The van der Waals surface area contributed by atoms with E-state index in [4.69, 9.17) is 11.6 Å². The number of thioether (sulfide) groups is 1. The maximum atomic E-state index is 14.4. The maximum Gasteiger partial charge on any atom is 0.440 e. The second-order valence-electron chi connectivity index (χ2n) is 5.79. The summed E-state index contributed by atoms with van der Waals surface area (Å²) < 4.78 is 132. The minimum Gasteiger partial charge on any atom is -0.410 e. The van der Waals surface area contributed by atoms with Crippen molar-refractivity contribution in [2.75, 3.05) is 5.75 Å². The van der Waals surface area contributed by atoms with E-state index >= 15 is 0 Å². The number of aryl methyl sites for hydroxylation is 1. The molecule has 0 saturated carbocycles. The lowest BCUT2D eigenvalue weighted by Gasteiger charge is -2.22. The van der Waals surface area contributed by atoms with E-state index in [1.165, 1.54) is 6.92 Å². The molecular weight excluding hydrogens is 482 g/mol. The number of rotatable bonds is 6. The number of hydrogen-bond acceptors (Lipinski definition) is 3.